The number of carbonyl (C=O) groups is 1. The Balaban J connectivity index is 1.91. The SMILES string of the molecule is Cc1ccc(N)cc1NC(=O)CCc1nc(C(C)C)no1. The van der Waals surface area contributed by atoms with Gasteiger partial charge in [0.25, 0.3) is 0 Å². The predicted molar refractivity (Wildman–Crippen MR) is 80.9 cm³/mol. The number of anilines is 2. The summed E-state index contributed by atoms with van der Waals surface area (Å²) in [7, 11) is 0. The van der Waals surface area contributed by atoms with Crippen molar-refractivity contribution in [3.63, 3.8) is 0 Å². The number of nitrogens with zero attached hydrogens (tertiary/aromatic N) is 2. The van der Waals surface area contributed by atoms with E-state index < -0.39 is 0 Å². The number of amides is 1. The fourth-order valence-electron chi connectivity index (χ4n) is 1.81. The molecule has 1 aromatic heterocycles. The van der Waals surface area contributed by atoms with Gasteiger partial charge in [0.05, 0.1) is 0 Å². The lowest BCUT2D eigenvalue weighted by atomic mass is 10.1. The van der Waals surface area contributed by atoms with Crippen LogP contribution < -0.4 is 11.1 Å². The maximum absolute atomic E-state index is 11.9. The van der Waals surface area contributed by atoms with Crippen LogP contribution in [0.25, 0.3) is 0 Å². The summed E-state index contributed by atoms with van der Waals surface area (Å²) in [6, 6.07) is 5.42. The number of nitrogens with one attached hydrogen (secondary N) is 1. The molecule has 6 heteroatoms. The van der Waals surface area contributed by atoms with E-state index in [9.17, 15) is 4.79 Å². The lowest BCUT2D eigenvalue weighted by Crippen LogP contribution is -2.13. The van der Waals surface area contributed by atoms with Crippen LogP contribution in [0.1, 0.15) is 43.5 Å². The quantitative estimate of drug-likeness (QED) is 0.825. The van der Waals surface area contributed by atoms with E-state index in [0.29, 0.717) is 23.8 Å². The van der Waals surface area contributed by atoms with Gasteiger partial charge in [0.1, 0.15) is 0 Å². The average Bonchev–Trinajstić information content (AvgIpc) is 2.90. The van der Waals surface area contributed by atoms with Crippen LogP contribution in [-0.4, -0.2) is 16.0 Å². The molecule has 112 valence electrons. The molecule has 21 heavy (non-hydrogen) atoms. The first-order valence-electron chi connectivity index (χ1n) is 6.94. The normalized spacial score (nSPS) is 10.9. The van der Waals surface area contributed by atoms with Gasteiger partial charge in [0.2, 0.25) is 11.8 Å². The molecular weight excluding hydrogens is 268 g/mol. The summed E-state index contributed by atoms with van der Waals surface area (Å²) in [6.07, 6.45) is 0.709. The second-order valence-electron chi connectivity index (χ2n) is 5.32. The maximum atomic E-state index is 11.9. The van der Waals surface area contributed by atoms with E-state index in [2.05, 4.69) is 15.5 Å². The smallest absolute Gasteiger partial charge is 0.227 e. The van der Waals surface area contributed by atoms with E-state index in [0.717, 1.165) is 11.3 Å². The number of rotatable bonds is 5. The van der Waals surface area contributed by atoms with Gasteiger partial charge in [-0.25, -0.2) is 0 Å². The maximum Gasteiger partial charge on any atom is 0.227 e. The molecule has 1 amide bonds. The molecule has 0 saturated heterocycles. The predicted octanol–water partition coefficient (Wildman–Crippen LogP) is 2.65. The number of hydrogen-bond acceptors (Lipinski definition) is 5. The molecule has 2 aromatic rings. The van der Waals surface area contributed by atoms with E-state index in [1.165, 1.54) is 0 Å². The molecule has 0 bridgehead atoms. The lowest BCUT2D eigenvalue weighted by Gasteiger charge is -2.08. The molecule has 0 aliphatic rings. The van der Waals surface area contributed by atoms with Gasteiger partial charge in [-0.15, -0.1) is 0 Å². The molecule has 0 unspecified atom stereocenters. The van der Waals surface area contributed by atoms with Crippen molar-refractivity contribution >= 4 is 17.3 Å². The molecule has 0 fully saturated rings. The molecule has 0 saturated carbocycles. The van der Waals surface area contributed by atoms with Gasteiger partial charge in [-0.2, -0.15) is 4.98 Å². The Morgan fingerprint density at radius 1 is 1.43 bits per heavy atom. The number of nitrogens with two attached hydrogens (primary N) is 1. The van der Waals surface area contributed by atoms with Gasteiger partial charge in [0, 0.05) is 30.1 Å². The first-order chi connectivity index (χ1) is 9.95. The highest BCUT2D eigenvalue weighted by Gasteiger charge is 2.12. The summed E-state index contributed by atoms with van der Waals surface area (Å²) in [5, 5.41) is 6.71. The third-order valence-electron chi connectivity index (χ3n) is 3.10. The standard InChI is InChI=1S/C15H20N4O2/c1-9(2)15-18-14(21-19-15)7-6-13(20)17-12-8-11(16)5-4-10(12)3/h4-5,8-9H,6-7,16H2,1-3H3,(H,17,20). The highest BCUT2D eigenvalue weighted by molar-refractivity contribution is 5.92. The van der Waals surface area contributed by atoms with Crippen LogP contribution in [0, 0.1) is 6.92 Å². The third kappa shape index (κ3) is 4.05. The Bertz CT molecular complexity index is 634. The zero-order valence-electron chi connectivity index (χ0n) is 12.5. The van der Waals surface area contributed by atoms with E-state index in [4.69, 9.17) is 10.3 Å². The molecular formula is C15H20N4O2. The van der Waals surface area contributed by atoms with Crippen LogP contribution >= 0.6 is 0 Å². The van der Waals surface area contributed by atoms with Crippen molar-refractivity contribution in [1.29, 1.82) is 0 Å². The van der Waals surface area contributed by atoms with Gasteiger partial charge in [-0.05, 0) is 24.6 Å². The van der Waals surface area contributed by atoms with Crippen molar-refractivity contribution < 1.29 is 9.32 Å². The first kappa shape index (κ1) is 15.0. The highest BCUT2D eigenvalue weighted by Crippen LogP contribution is 2.18. The van der Waals surface area contributed by atoms with Crippen molar-refractivity contribution in [2.75, 3.05) is 11.1 Å². The van der Waals surface area contributed by atoms with E-state index in [1.54, 1.807) is 12.1 Å². The van der Waals surface area contributed by atoms with Crippen molar-refractivity contribution in [2.45, 2.75) is 39.5 Å². The first-order valence-corrected chi connectivity index (χ1v) is 6.94. The average molecular weight is 288 g/mol. The van der Waals surface area contributed by atoms with Crippen LogP contribution in [0.2, 0.25) is 0 Å². The number of carbonyl (C=O) groups excluding carboxylic acids is 1. The van der Waals surface area contributed by atoms with Crippen LogP contribution in [0.15, 0.2) is 22.7 Å². The molecule has 3 N–H and O–H groups in total. The fourth-order valence-corrected chi connectivity index (χ4v) is 1.81. The van der Waals surface area contributed by atoms with Crippen LogP contribution in [0.3, 0.4) is 0 Å². The summed E-state index contributed by atoms with van der Waals surface area (Å²) < 4.78 is 5.11. The number of hydrogen-bond donors (Lipinski definition) is 2. The molecule has 1 aromatic carbocycles. The molecule has 0 spiro atoms. The fraction of sp³-hybridized carbons (Fsp3) is 0.400. The summed E-state index contributed by atoms with van der Waals surface area (Å²) in [4.78, 5) is 16.2. The Labute approximate surface area is 123 Å². The molecule has 0 aliphatic carbocycles. The van der Waals surface area contributed by atoms with Crippen molar-refractivity contribution in [3.8, 4) is 0 Å². The zero-order chi connectivity index (χ0) is 15.4. The second kappa shape index (κ2) is 6.39. The Kier molecular flexibility index (Phi) is 4.57. The highest BCUT2D eigenvalue weighted by atomic mass is 16.5. The topological polar surface area (TPSA) is 94.0 Å². The summed E-state index contributed by atoms with van der Waals surface area (Å²) in [5.41, 5.74) is 8.03. The molecule has 0 aliphatic heterocycles. The third-order valence-corrected chi connectivity index (χ3v) is 3.10. The lowest BCUT2D eigenvalue weighted by molar-refractivity contribution is -0.116. The monoisotopic (exact) mass is 288 g/mol. The molecule has 1 heterocycles. The van der Waals surface area contributed by atoms with Crippen LogP contribution in [-0.2, 0) is 11.2 Å². The van der Waals surface area contributed by atoms with E-state index in [1.807, 2.05) is 26.8 Å². The summed E-state index contributed by atoms with van der Waals surface area (Å²) >= 11 is 0. The summed E-state index contributed by atoms with van der Waals surface area (Å²) in [5.74, 6) is 1.26. The summed E-state index contributed by atoms with van der Waals surface area (Å²) in [6.45, 7) is 5.90. The number of benzene rings is 1. The van der Waals surface area contributed by atoms with Crippen molar-refractivity contribution in [1.82, 2.24) is 10.1 Å². The van der Waals surface area contributed by atoms with Crippen molar-refractivity contribution in [2.24, 2.45) is 0 Å². The minimum atomic E-state index is -0.104. The van der Waals surface area contributed by atoms with Crippen LogP contribution in [0.5, 0.6) is 0 Å². The van der Waals surface area contributed by atoms with Gasteiger partial charge < -0.3 is 15.6 Å². The molecule has 6 nitrogen and oxygen atoms in total. The van der Waals surface area contributed by atoms with E-state index >= 15 is 0 Å². The minimum Gasteiger partial charge on any atom is -0.399 e. The Morgan fingerprint density at radius 3 is 2.86 bits per heavy atom. The van der Waals surface area contributed by atoms with Crippen LogP contribution in [0.4, 0.5) is 11.4 Å². The van der Waals surface area contributed by atoms with Gasteiger partial charge in [-0.3, -0.25) is 4.79 Å². The zero-order valence-corrected chi connectivity index (χ0v) is 12.5. The Hall–Kier alpha value is -2.37. The number of aryl methyl sites for hydroxylation is 2. The number of nitrogen functional groups attached to an aromatic ring is 1. The van der Waals surface area contributed by atoms with Gasteiger partial charge in [0.15, 0.2) is 5.82 Å². The van der Waals surface area contributed by atoms with Crippen molar-refractivity contribution in [3.05, 3.63) is 35.5 Å². The minimum absolute atomic E-state index is 0.104. The molecule has 2 rings (SSSR count). The number of aromatic nitrogens is 2. The van der Waals surface area contributed by atoms with Gasteiger partial charge in [-0.1, -0.05) is 25.1 Å². The van der Waals surface area contributed by atoms with Gasteiger partial charge >= 0.3 is 0 Å². The molecule has 0 radical (unpaired) electrons. The van der Waals surface area contributed by atoms with E-state index in [-0.39, 0.29) is 18.2 Å². The Morgan fingerprint density at radius 2 is 2.19 bits per heavy atom. The second-order valence-corrected chi connectivity index (χ2v) is 5.32. The molecule has 0 atom stereocenters. The largest absolute Gasteiger partial charge is 0.399 e.